The maximum Gasteiger partial charge on any atom is 0.309 e. The van der Waals surface area contributed by atoms with E-state index in [9.17, 15) is 9.90 Å². The standard InChI is InChI=1S/C20H30O2/c1-13-11-20-10-7-15-18(2,16(20)6-5-14(13)12-20)8-4-9-19(15,3)17(21)22/h14-16H,1,4-12H2,2-3H3,(H,21,22)/t14-,15+,16-,18+,19+,20+/m0/s1. The number of carboxylic acids is 1. The van der Waals surface area contributed by atoms with E-state index < -0.39 is 11.4 Å². The summed E-state index contributed by atoms with van der Waals surface area (Å²) in [6.07, 6.45) is 10.8. The predicted octanol–water partition coefficient (Wildman–Crippen LogP) is 5.04. The largest absolute Gasteiger partial charge is 0.481 e. The molecular formula is C20H30O2. The number of hydrogen-bond donors (Lipinski definition) is 1. The molecule has 0 aromatic rings. The Hall–Kier alpha value is -0.790. The van der Waals surface area contributed by atoms with Crippen LogP contribution in [0.4, 0.5) is 0 Å². The van der Waals surface area contributed by atoms with Gasteiger partial charge in [-0.25, -0.2) is 0 Å². The van der Waals surface area contributed by atoms with Crippen LogP contribution in [0.25, 0.3) is 0 Å². The molecule has 4 aliphatic carbocycles. The van der Waals surface area contributed by atoms with Gasteiger partial charge in [-0.1, -0.05) is 25.5 Å². The first-order valence-electron chi connectivity index (χ1n) is 9.23. The topological polar surface area (TPSA) is 37.3 Å². The summed E-state index contributed by atoms with van der Waals surface area (Å²) in [7, 11) is 0. The number of fused-ring (bicyclic) bond motifs is 3. The molecule has 4 fully saturated rings. The summed E-state index contributed by atoms with van der Waals surface area (Å²) in [5.74, 6) is 1.32. The molecule has 22 heavy (non-hydrogen) atoms. The van der Waals surface area contributed by atoms with Crippen LogP contribution in [0, 0.1) is 34.0 Å². The van der Waals surface area contributed by atoms with E-state index in [1.807, 2.05) is 6.92 Å². The SMILES string of the molecule is C=C1C[C@@]23CC[C@@H]4[C@@](C)(CCC[C@@]4(C)C(=O)O)[C@@H]2CC[C@H]1C3. The highest BCUT2D eigenvalue weighted by Gasteiger charge is 2.64. The average molecular weight is 302 g/mol. The predicted molar refractivity (Wildman–Crippen MR) is 87.4 cm³/mol. The van der Waals surface area contributed by atoms with E-state index >= 15 is 0 Å². The normalized spacial score (nSPS) is 53.7. The molecule has 0 radical (unpaired) electrons. The van der Waals surface area contributed by atoms with Gasteiger partial charge < -0.3 is 5.11 Å². The second kappa shape index (κ2) is 4.39. The van der Waals surface area contributed by atoms with Crippen molar-refractivity contribution in [2.75, 3.05) is 0 Å². The van der Waals surface area contributed by atoms with E-state index in [0.29, 0.717) is 11.3 Å². The Kier molecular flexibility index (Phi) is 2.95. The molecule has 1 N–H and O–H groups in total. The van der Waals surface area contributed by atoms with Crippen LogP contribution in [0.2, 0.25) is 0 Å². The summed E-state index contributed by atoms with van der Waals surface area (Å²) < 4.78 is 0. The molecule has 2 heteroatoms. The lowest BCUT2D eigenvalue weighted by Crippen LogP contribution is -2.58. The Bertz CT molecular complexity index is 538. The lowest BCUT2D eigenvalue weighted by atomic mass is 9.41. The van der Waals surface area contributed by atoms with Crippen molar-refractivity contribution < 1.29 is 9.90 Å². The summed E-state index contributed by atoms with van der Waals surface area (Å²) in [6, 6.07) is 0. The summed E-state index contributed by atoms with van der Waals surface area (Å²) in [6.45, 7) is 8.86. The van der Waals surface area contributed by atoms with Crippen molar-refractivity contribution in [3.8, 4) is 0 Å². The minimum absolute atomic E-state index is 0.235. The molecule has 2 nitrogen and oxygen atoms in total. The summed E-state index contributed by atoms with van der Waals surface area (Å²) in [5, 5.41) is 9.90. The third kappa shape index (κ3) is 1.65. The molecule has 0 amide bonds. The fraction of sp³-hybridized carbons (Fsp3) is 0.850. The fourth-order valence-electron chi connectivity index (χ4n) is 7.61. The van der Waals surface area contributed by atoms with Crippen LogP contribution in [-0.4, -0.2) is 11.1 Å². The minimum atomic E-state index is -0.552. The van der Waals surface area contributed by atoms with Crippen LogP contribution >= 0.6 is 0 Å². The van der Waals surface area contributed by atoms with Crippen LogP contribution in [0.15, 0.2) is 12.2 Å². The molecule has 122 valence electrons. The quantitative estimate of drug-likeness (QED) is 0.689. The van der Waals surface area contributed by atoms with Crippen molar-refractivity contribution in [2.45, 2.75) is 71.6 Å². The van der Waals surface area contributed by atoms with E-state index in [4.69, 9.17) is 0 Å². The van der Waals surface area contributed by atoms with Crippen molar-refractivity contribution in [3.63, 3.8) is 0 Å². The fourth-order valence-corrected chi connectivity index (χ4v) is 7.61. The van der Waals surface area contributed by atoms with E-state index in [0.717, 1.165) is 31.1 Å². The zero-order valence-electron chi connectivity index (χ0n) is 14.2. The van der Waals surface area contributed by atoms with Gasteiger partial charge in [0.1, 0.15) is 0 Å². The maximum absolute atomic E-state index is 12.0. The first-order chi connectivity index (χ1) is 10.3. The van der Waals surface area contributed by atoms with E-state index in [2.05, 4.69) is 13.5 Å². The zero-order valence-corrected chi connectivity index (χ0v) is 14.2. The second-order valence-corrected chi connectivity index (χ2v) is 9.40. The van der Waals surface area contributed by atoms with Crippen LogP contribution in [0.3, 0.4) is 0 Å². The summed E-state index contributed by atoms with van der Waals surface area (Å²) in [4.78, 5) is 12.0. The Balaban J connectivity index is 1.75. The lowest BCUT2D eigenvalue weighted by Gasteiger charge is -2.63. The van der Waals surface area contributed by atoms with Crippen molar-refractivity contribution in [3.05, 3.63) is 12.2 Å². The maximum atomic E-state index is 12.0. The second-order valence-electron chi connectivity index (χ2n) is 9.40. The number of rotatable bonds is 1. The number of allylic oxidation sites excluding steroid dienone is 1. The first kappa shape index (κ1) is 14.8. The van der Waals surface area contributed by atoms with Crippen molar-refractivity contribution in [2.24, 2.45) is 34.0 Å². The lowest BCUT2D eigenvalue weighted by molar-refractivity contribution is -0.181. The molecule has 4 rings (SSSR count). The molecule has 0 aromatic carbocycles. The molecule has 6 atom stereocenters. The highest BCUT2D eigenvalue weighted by atomic mass is 16.4. The van der Waals surface area contributed by atoms with Crippen LogP contribution in [0.5, 0.6) is 0 Å². The Labute approximate surface area is 134 Å². The molecule has 4 saturated carbocycles. The number of hydrogen-bond acceptors (Lipinski definition) is 1. The van der Waals surface area contributed by atoms with Gasteiger partial charge in [0, 0.05) is 0 Å². The van der Waals surface area contributed by atoms with Gasteiger partial charge >= 0.3 is 5.97 Å². The highest BCUT2D eigenvalue weighted by molar-refractivity contribution is 5.75. The molecular weight excluding hydrogens is 272 g/mol. The van der Waals surface area contributed by atoms with Gasteiger partial charge in [-0.2, -0.15) is 0 Å². The summed E-state index contributed by atoms with van der Waals surface area (Å²) >= 11 is 0. The Morgan fingerprint density at radius 2 is 1.91 bits per heavy atom. The molecule has 2 bridgehead atoms. The van der Waals surface area contributed by atoms with Gasteiger partial charge in [-0.05, 0) is 86.9 Å². The third-order valence-corrected chi connectivity index (χ3v) is 8.54. The van der Waals surface area contributed by atoms with Crippen LogP contribution < -0.4 is 0 Å². The van der Waals surface area contributed by atoms with Crippen molar-refractivity contribution in [1.82, 2.24) is 0 Å². The summed E-state index contributed by atoms with van der Waals surface area (Å²) in [5.41, 5.74) is 1.71. The number of carboxylic acid groups (broad SMARTS) is 1. The van der Waals surface area contributed by atoms with Gasteiger partial charge in [0.25, 0.3) is 0 Å². The monoisotopic (exact) mass is 302 g/mol. The zero-order chi connectivity index (χ0) is 15.8. The number of carbonyl (C=O) groups is 1. The Morgan fingerprint density at radius 3 is 2.64 bits per heavy atom. The van der Waals surface area contributed by atoms with Gasteiger partial charge in [0.05, 0.1) is 5.41 Å². The van der Waals surface area contributed by atoms with E-state index in [1.165, 1.54) is 44.1 Å². The van der Waals surface area contributed by atoms with Crippen LogP contribution in [0.1, 0.15) is 71.6 Å². The molecule has 0 unspecified atom stereocenters. The average Bonchev–Trinajstić information content (AvgIpc) is 2.68. The molecule has 0 aromatic heterocycles. The molecule has 0 heterocycles. The first-order valence-corrected chi connectivity index (χ1v) is 9.23. The Morgan fingerprint density at radius 1 is 1.14 bits per heavy atom. The van der Waals surface area contributed by atoms with Gasteiger partial charge in [0.2, 0.25) is 0 Å². The van der Waals surface area contributed by atoms with E-state index in [1.54, 1.807) is 0 Å². The highest BCUT2D eigenvalue weighted by Crippen LogP contribution is 2.72. The molecule has 0 aliphatic heterocycles. The van der Waals surface area contributed by atoms with Gasteiger partial charge in [-0.15, -0.1) is 0 Å². The van der Waals surface area contributed by atoms with Crippen molar-refractivity contribution in [1.29, 1.82) is 0 Å². The van der Waals surface area contributed by atoms with E-state index in [-0.39, 0.29) is 5.41 Å². The molecule has 0 saturated heterocycles. The smallest absolute Gasteiger partial charge is 0.309 e. The minimum Gasteiger partial charge on any atom is -0.481 e. The van der Waals surface area contributed by atoms with Crippen LogP contribution in [-0.2, 0) is 4.79 Å². The number of aliphatic carboxylic acids is 1. The van der Waals surface area contributed by atoms with Crippen molar-refractivity contribution >= 4 is 5.97 Å². The third-order valence-electron chi connectivity index (χ3n) is 8.54. The van der Waals surface area contributed by atoms with Gasteiger partial charge in [0.15, 0.2) is 0 Å². The molecule has 4 aliphatic rings. The molecule has 1 spiro atoms. The van der Waals surface area contributed by atoms with Gasteiger partial charge in [-0.3, -0.25) is 4.79 Å².